The van der Waals surface area contributed by atoms with Gasteiger partial charge in [-0.15, -0.1) is 0 Å². The topological polar surface area (TPSA) is 35.8 Å². The van der Waals surface area contributed by atoms with E-state index in [4.69, 9.17) is 5.26 Å². The Hall–Kier alpha value is -2.34. The van der Waals surface area contributed by atoms with Crippen molar-refractivity contribution in [3.8, 4) is 6.07 Å². The lowest BCUT2D eigenvalue weighted by atomic mass is 9.92. The maximum absolute atomic E-state index is 12.9. The van der Waals surface area contributed by atoms with Crippen LogP contribution in [0.2, 0.25) is 0 Å². The van der Waals surface area contributed by atoms with Gasteiger partial charge in [0.25, 0.3) is 0 Å². The average molecular weight is 286 g/mol. The molecule has 0 heterocycles. The Morgan fingerprint density at radius 3 is 2.48 bits per heavy atom. The van der Waals surface area contributed by atoms with E-state index >= 15 is 0 Å². The Morgan fingerprint density at radius 2 is 2.05 bits per heavy atom. The molecule has 0 atom stereocenters. The number of nitrogens with one attached hydrogen (secondary N) is 1. The summed E-state index contributed by atoms with van der Waals surface area (Å²) in [6.07, 6.45) is 9.35. The largest absolute Gasteiger partial charge is 0.362 e. The van der Waals surface area contributed by atoms with E-state index in [0.29, 0.717) is 22.3 Å². The van der Waals surface area contributed by atoms with Crippen molar-refractivity contribution in [1.29, 1.82) is 5.26 Å². The fraction of sp³-hybridized carbons (Fsp3) is 0.278. The van der Waals surface area contributed by atoms with Gasteiger partial charge in [0.15, 0.2) is 0 Å². The molecule has 21 heavy (non-hydrogen) atoms. The van der Waals surface area contributed by atoms with Gasteiger partial charge >= 0.3 is 0 Å². The zero-order chi connectivity index (χ0) is 16.3. The van der Waals surface area contributed by atoms with Gasteiger partial charge in [0.2, 0.25) is 0 Å². The maximum Gasteiger partial charge on any atom is 0.109 e. The number of alkyl halides is 1. The molecule has 0 spiro atoms. The summed E-state index contributed by atoms with van der Waals surface area (Å²) < 4.78 is 12.9. The van der Waals surface area contributed by atoms with E-state index in [1.807, 2.05) is 32.1 Å². The lowest BCUT2D eigenvalue weighted by Gasteiger charge is -2.16. The van der Waals surface area contributed by atoms with E-state index in [0.717, 1.165) is 12.1 Å². The smallest absolute Gasteiger partial charge is 0.109 e. The lowest BCUT2D eigenvalue weighted by molar-refractivity contribution is 0.560. The van der Waals surface area contributed by atoms with Gasteiger partial charge in [0, 0.05) is 16.8 Å². The number of halogens is 1. The molecule has 0 unspecified atom stereocenters. The summed E-state index contributed by atoms with van der Waals surface area (Å²) in [7, 11) is 0. The molecule has 0 aliphatic carbocycles. The Labute approximate surface area is 127 Å². The van der Waals surface area contributed by atoms with E-state index in [-0.39, 0.29) is 0 Å². The lowest BCUT2D eigenvalue weighted by Crippen LogP contribution is -2.10. The molecule has 0 saturated carbocycles. The standard InChI is InChI=1S/C18H23FN2/c1-6-9-16(14(4)13-20)15(5)17(11-12-19)18(10-7-2)21-8-3/h6,8-11,21H,3,5,7,12H2,1-2,4H3/b9-6-,16-14-,17-11-,18-10+. The molecule has 0 aliphatic rings. The minimum absolute atomic E-state index is 0.539. The predicted octanol–water partition coefficient (Wildman–Crippen LogP) is 4.88. The van der Waals surface area contributed by atoms with E-state index < -0.39 is 6.67 Å². The Kier molecular flexibility index (Phi) is 9.28. The minimum atomic E-state index is -0.608. The molecule has 1 N–H and O–H groups in total. The summed E-state index contributed by atoms with van der Waals surface area (Å²) in [5.74, 6) is 0. The fourth-order valence-corrected chi connectivity index (χ4v) is 1.86. The first kappa shape index (κ1) is 18.7. The fourth-order valence-electron chi connectivity index (χ4n) is 1.86. The number of nitrogens with zero attached hydrogens (tertiary/aromatic N) is 1. The van der Waals surface area contributed by atoms with Crippen molar-refractivity contribution in [2.24, 2.45) is 0 Å². The van der Waals surface area contributed by atoms with E-state index in [2.05, 4.69) is 24.5 Å². The molecule has 0 rings (SSSR count). The van der Waals surface area contributed by atoms with Crippen LogP contribution < -0.4 is 5.32 Å². The molecule has 0 fully saturated rings. The summed E-state index contributed by atoms with van der Waals surface area (Å²) in [5.41, 5.74) is 3.23. The second kappa shape index (κ2) is 10.4. The third-order valence-corrected chi connectivity index (χ3v) is 2.79. The third kappa shape index (κ3) is 5.66. The zero-order valence-corrected chi connectivity index (χ0v) is 13.0. The minimum Gasteiger partial charge on any atom is -0.362 e. The Bertz CT molecular complexity index is 540. The van der Waals surface area contributed by atoms with Gasteiger partial charge < -0.3 is 5.32 Å². The zero-order valence-electron chi connectivity index (χ0n) is 13.0. The van der Waals surface area contributed by atoms with Crippen LogP contribution in [0.4, 0.5) is 4.39 Å². The molecule has 0 saturated heterocycles. The molecule has 0 aliphatic heterocycles. The first-order valence-corrected chi connectivity index (χ1v) is 6.84. The van der Waals surface area contributed by atoms with Gasteiger partial charge in [0.05, 0.1) is 6.07 Å². The molecular weight excluding hydrogens is 263 g/mol. The van der Waals surface area contributed by atoms with Crippen LogP contribution in [0.3, 0.4) is 0 Å². The van der Waals surface area contributed by atoms with Crippen LogP contribution in [0.15, 0.2) is 71.7 Å². The Balaban J connectivity index is 5.95. The van der Waals surface area contributed by atoms with Gasteiger partial charge in [-0.1, -0.05) is 38.3 Å². The SMILES string of the molecule is C=CNC(=C/CC)/C(=C\CF)C(=C)C(/C=C\C)=C(/C)C#N. The van der Waals surface area contributed by atoms with Crippen LogP contribution in [0.25, 0.3) is 0 Å². The van der Waals surface area contributed by atoms with Crippen LogP contribution in [-0.2, 0) is 0 Å². The quantitative estimate of drug-likeness (QED) is 0.510. The van der Waals surface area contributed by atoms with Crippen LogP contribution in [0, 0.1) is 11.3 Å². The molecule has 0 aromatic carbocycles. The van der Waals surface area contributed by atoms with Crippen LogP contribution in [-0.4, -0.2) is 6.67 Å². The van der Waals surface area contributed by atoms with E-state index in [1.54, 1.807) is 6.92 Å². The van der Waals surface area contributed by atoms with Crippen LogP contribution >= 0.6 is 0 Å². The van der Waals surface area contributed by atoms with Crippen molar-refractivity contribution < 1.29 is 4.39 Å². The average Bonchev–Trinajstić information content (AvgIpc) is 2.48. The van der Waals surface area contributed by atoms with E-state index in [9.17, 15) is 4.39 Å². The van der Waals surface area contributed by atoms with Crippen molar-refractivity contribution in [2.75, 3.05) is 6.67 Å². The summed E-state index contributed by atoms with van der Waals surface area (Å²) in [6, 6.07) is 2.12. The van der Waals surface area contributed by atoms with Gasteiger partial charge in [0.1, 0.15) is 6.67 Å². The van der Waals surface area contributed by atoms with Crippen LogP contribution in [0.1, 0.15) is 27.2 Å². The van der Waals surface area contributed by atoms with Gasteiger partial charge in [-0.3, -0.25) is 0 Å². The summed E-state index contributed by atoms with van der Waals surface area (Å²) in [5, 5.41) is 12.1. The highest BCUT2D eigenvalue weighted by atomic mass is 19.1. The molecule has 3 heteroatoms. The van der Waals surface area contributed by atoms with Gasteiger partial charge in [-0.25, -0.2) is 4.39 Å². The number of nitriles is 1. The predicted molar refractivity (Wildman–Crippen MR) is 88.0 cm³/mol. The normalized spacial score (nSPS) is 13.7. The van der Waals surface area contributed by atoms with Crippen LogP contribution in [0.5, 0.6) is 0 Å². The highest BCUT2D eigenvalue weighted by molar-refractivity contribution is 5.60. The van der Waals surface area contributed by atoms with Crippen molar-refractivity contribution in [3.63, 3.8) is 0 Å². The molecule has 0 amide bonds. The first-order valence-electron chi connectivity index (χ1n) is 6.84. The number of hydrogen-bond donors (Lipinski definition) is 1. The molecule has 0 aromatic rings. The monoisotopic (exact) mass is 286 g/mol. The molecule has 0 radical (unpaired) electrons. The molecule has 0 bridgehead atoms. The second-order valence-electron chi connectivity index (χ2n) is 4.28. The molecule has 0 aromatic heterocycles. The second-order valence-corrected chi connectivity index (χ2v) is 4.28. The number of hydrogen-bond acceptors (Lipinski definition) is 2. The van der Waals surface area contributed by atoms with Crippen molar-refractivity contribution in [3.05, 3.63) is 71.7 Å². The first-order chi connectivity index (χ1) is 10.1. The molecule has 112 valence electrons. The Morgan fingerprint density at radius 1 is 1.38 bits per heavy atom. The maximum atomic E-state index is 12.9. The van der Waals surface area contributed by atoms with Gasteiger partial charge in [-0.2, -0.15) is 5.26 Å². The molecular formula is C18H23FN2. The summed E-state index contributed by atoms with van der Waals surface area (Å²) >= 11 is 0. The number of rotatable bonds is 8. The summed E-state index contributed by atoms with van der Waals surface area (Å²) in [6.45, 7) is 12.6. The summed E-state index contributed by atoms with van der Waals surface area (Å²) in [4.78, 5) is 0. The highest BCUT2D eigenvalue weighted by Crippen LogP contribution is 2.26. The van der Waals surface area contributed by atoms with E-state index in [1.165, 1.54) is 12.3 Å². The molecule has 2 nitrogen and oxygen atoms in total. The third-order valence-electron chi connectivity index (χ3n) is 2.79. The van der Waals surface area contributed by atoms with Crippen molar-refractivity contribution in [1.82, 2.24) is 5.32 Å². The van der Waals surface area contributed by atoms with Gasteiger partial charge in [-0.05, 0) is 43.7 Å². The van der Waals surface area contributed by atoms with Crippen molar-refractivity contribution >= 4 is 0 Å². The highest BCUT2D eigenvalue weighted by Gasteiger charge is 2.13. The number of allylic oxidation sites excluding steroid dienone is 7. The van der Waals surface area contributed by atoms with Crippen molar-refractivity contribution in [2.45, 2.75) is 27.2 Å².